The van der Waals surface area contributed by atoms with E-state index in [1.165, 1.54) is 24.3 Å². The molecule has 4 nitrogen and oxygen atoms in total. The lowest BCUT2D eigenvalue weighted by Gasteiger charge is -2.05. The average molecular weight is 283 g/mol. The van der Waals surface area contributed by atoms with Crippen LogP contribution >= 0.6 is 0 Å². The number of carbonyl (C=O) groups is 1. The molecule has 21 heavy (non-hydrogen) atoms. The molecule has 5 heteroatoms. The highest BCUT2D eigenvalue weighted by atomic mass is 19.1. The van der Waals surface area contributed by atoms with Crippen LogP contribution in [-0.4, -0.2) is 5.91 Å². The molecule has 0 saturated carbocycles. The van der Waals surface area contributed by atoms with Crippen LogP contribution in [0.1, 0.15) is 10.6 Å². The Bertz CT molecular complexity index is 869. The van der Waals surface area contributed by atoms with Gasteiger partial charge in [0.05, 0.1) is 5.39 Å². The Morgan fingerprint density at radius 3 is 2.52 bits per heavy atom. The van der Waals surface area contributed by atoms with Gasteiger partial charge >= 0.3 is 0 Å². The Balaban J connectivity index is 1.94. The molecule has 0 saturated heterocycles. The van der Waals surface area contributed by atoms with Crippen LogP contribution in [0.5, 0.6) is 0 Å². The van der Waals surface area contributed by atoms with Crippen LogP contribution in [0.15, 0.2) is 63.8 Å². The summed E-state index contributed by atoms with van der Waals surface area (Å²) in [5, 5.41) is 2.95. The zero-order valence-corrected chi connectivity index (χ0v) is 10.8. The summed E-state index contributed by atoms with van der Waals surface area (Å²) in [4.78, 5) is 24.0. The first-order valence-corrected chi connectivity index (χ1v) is 6.23. The third kappa shape index (κ3) is 2.67. The number of nitrogens with one attached hydrogen (secondary N) is 1. The fourth-order valence-corrected chi connectivity index (χ4v) is 1.94. The fourth-order valence-electron chi connectivity index (χ4n) is 1.94. The monoisotopic (exact) mass is 283 g/mol. The van der Waals surface area contributed by atoms with Crippen LogP contribution in [0.4, 0.5) is 10.1 Å². The van der Waals surface area contributed by atoms with Crippen molar-refractivity contribution in [3.05, 3.63) is 76.4 Å². The van der Waals surface area contributed by atoms with Crippen LogP contribution in [0.2, 0.25) is 0 Å². The zero-order valence-electron chi connectivity index (χ0n) is 10.8. The van der Waals surface area contributed by atoms with Gasteiger partial charge in [-0.25, -0.2) is 4.39 Å². The summed E-state index contributed by atoms with van der Waals surface area (Å²) in [6, 6.07) is 13.1. The number of benzene rings is 2. The van der Waals surface area contributed by atoms with E-state index in [9.17, 15) is 14.0 Å². The minimum atomic E-state index is -0.565. The predicted octanol–water partition coefficient (Wildman–Crippen LogP) is 3.18. The third-order valence-electron chi connectivity index (χ3n) is 2.96. The molecule has 0 unspecified atom stereocenters. The van der Waals surface area contributed by atoms with Crippen molar-refractivity contribution in [2.24, 2.45) is 0 Å². The number of carbonyl (C=O) groups excluding carboxylic acids is 1. The van der Waals surface area contributed by atoms with Crippen LogP contribution in [0, 0.1) is 5.82 Å². The Kier molecular flexibility index (Phi) is 3.23. The van der Waals surface area contributed by atoms with E-state index < -0.39 is 11.7 Å². The molecule has 0 atom stereocenters. The van der Waals surface area contributed by atoms with Crippen molar-refractivity contribution in [2.75, 3.05) is 5.32 Å². The van der Waals surface area contributed by atoms with Gasteiger partial charge in [0.15, 0.2) is 11.2 Å². The van der Waals surface area contributed by atoms with Crippen molar-refractivity contribution in [2.45, 2.75) is 0 Å². The number of amides is 1. The molecule has 0 aliphatic carbocycles. The molecule has 1 heterocycles. The molecule has 1 aromatic heterocycles. The first kappa shape index (κ1) is 13.1. The summed E-state index contributed by atoms with van der Waals surface area (Å²) in [6.45, 7) is 0. The van der Waals surface area contributed by atoms with E-state index in [1.54, 1.807) is 24.3 Å². The number of halogens is 1. The number of rotatable bonds is 2. The molecule has 3 aromatic rings. The van der Waals surface area contributed by atoms with Gasteiger partial charge in [-0.2, -0.15) is 0 Å². The van der Waals surface area contributed by atoms with E-state index in [0.29, 0.717) is 16.7 Å². The summed E-state index contributed by atoms with van der Waals surface area (Å²) in [6.07, 6.45) is 0. The number of anilines is 1. The van der Waals surface area contributed by atoms with Gasteiger partial charge in [0.2, 0.25) is 0 Å². The molecule has 1 N–H and O–H groups in total. The van der Waals surface area contributed by atoms with Crippen molar-refractivity contribution in [1.29, 1.82) is 0 Å². The number of fused-ring (bicyclic) bond motifs is 1. The van der Waals surface area contributed by atoms with Gasteiger partial charge in [0.25, 0.3) is 5.91 Å². The highest BCUT2D eigenvalue weighted by Crippen LogP contribution is 2.14. The number of hydrogen-bond acceptors (Lipinski definition) is 3. The molecule has 0 aliphatic rings. The lowest BCUT2D eigenvalue weighted by molar-refractivity contribution is 0.0997. The van der Waals surface area contributed by atoms with Gasteiger partial charge in [-0.05, 0) is 36.4 Å². The molecular formula is C16H10FNO3. The van der Waals surface area contributed by atoms with Crippen LogP contribution in [0.3, 0.4) is 0 Å². The smallest absolute Gasteiger partial charge is 0.291 e. The lowest BCUT2D eigenvalue weighted by atomic mass is 10.2. The van der Waals surface area contributed by atoms with Crippen molar-refractivity contribution in [3.8, 4) is 0 Å². The van der Waals surface area contributed by atoms with Crippen molar-refractivity contribution in [3.63, 3.8) is 0 Å². The molecule has 0 spiro atoms. The molecule has 1 amide bonds. The number of hydrogen-bond donors (Lipinski definition) is 1. The van der Waals surface area contributed by atoms with Gasteiger partial charge in [0, 0.05) is 11.8 Å². The van der Waals surface area contributed by atoms with E-state index in [4.69, 9.17) is 4.42 Å². The minimum Gasteiger partial charge on any atom is -0.451 e. The molecule has 2 aromatic carbocycles. The highest BCUT2D eigenvalue weighted by Gasteiger charge is 2.12. The third-order valence-corrected chi connectivity index (χ3v) is 2.96. The SMILES string of the molecule is O=C(Nc1ccc(F)cc1)c1cc(=O)c2ccccc2o1. The normalized spacial score (nSPS) is 10.5. The Morgan fingerprint density at radius 1 is 1.05 bits per heavy atom. The van der Waals surface area contributed by atoms with Gasteiger partial charge < -0.3 is 9.73 Å². The molecule has 0 bridgehead atoms. The van der Waals surface area contributed by atoms with Crippen molar-refractivity contribution in [1.82, 2.24) is 0 Å². The maximum absolute atomic E-state index is 12.8. The zero-order chi connectivity index (χ0) is 14.8. The van der Waals surface area contributed by atoms with E-state index in [2.05, 4.69) is 5.32 Å². The highest BCUT2D eigenvalue weighted by molar-refractivity contribution is 6.02. The van der Waals surface area contributed by atoms with Gasteiger partial charge in [-0.3, -0.25) is 9.59 Å². The second-order valence-electron chi connectivity index (χ2n) is 4.43. The topological polar surface area (TPSA) is 59.3 Å². The maximum Gasteiger partial charge on any atom is 0.291 e. The molecule has 0 radical (unpaired) electrons. The molecule has 104 valence electrons. The summed E-state index contributed by atoms with van der Waals surface area (Å²) < 4.78 is 18.2. The Morgan fingerprint density at radius 2 is 1.76 bits per heavy atom. The van der Waals surface area contributed by atoms with Gasteiger partial charge in [0.1, 0.15) is 11.4 Å². The maximum atomic E-state index is 12.8. The van der Waals surface area contributed by atoms with E-state index in [1.807, 2.05) is 0 Å². The quantitative estimate of drug-likeness (QED) is 0.785. The first-order valence-electron chi connectivity index (χ1n) is 6.23. The first-order chi connectivity index (χ1) is 10.1. The van der Waals surface area contributed by atoms with Gasteiger partial charge in [-0.1, -0.05) is 12.1 Å². The van der Waals surface area contributed by atoms with E-state index in [0.717, 1.165) is 6.07 Å². The summed E-state index contributed by atoms with van der Waals surface area (Å²) in [5.74, 6) is -1.06. The predicted molar refractivity (Wildman–Crippen MR) is 76.8 cm³/mol. The van der Waals surface area contributed by atoms with Crippen molar-refractivity contribution < 1.29 is 13.6 Å². The van der Waals surface area contributed by atoms with Crippen LogP contribution < -0.4 is 10.7 Å². The fraction of sp³-hybridized carbons (Fsp3) is 0. The second-order valence-corrected chi connectivity index (χ2v) is 4.43. The van der Waals surface area contributed by atoms with Crippen LogP contribution in [-0.2, 0) is 0 Å². The van der Waals surface area contributed by atoms with E-state index >= 15 is 0 Å². The number of para-hydroxylation sites is 1. The largest absolute Gasteiger partial charge is 0.451 e. The standard InChI is InChI=1S/C16H10FNO3/c17-10-5-7-11(8-6-10)18-16(20)15-9-13(19)12-3-1-2-4-14(12)21-15/h1-9H,(H,18,20). The van der Waals surface area contributed by atoms with E-state index in [-0.39, 0.29) is 11.2 Å². The Labute approximate surface area is 118 Å². The lowest BCUT2D eigenvalue weighted by Crippen LogP contribution is -2.14. The average Bonchev–Trinajstić information content (AvgIpc) is 2.49. The summed E-state index contributed by atoms with van der Waals surface area (Å²) in [7, 11) is 0. The minimum absolute atomic E-state index is 0.0944. The molecule has 0 fully saturated rings. The molecule has 3 rings (SSSR count). The van der Waals surface area contributed by atoms with Crippen LogP contribution in [0.25, 0.3) is 11.0 Å². The summed E-state index contributed by atoms with van der Waals surface area (Å²) >= 11 is 0. The molecular weight excluding hydrogens is 273 g/mol. The Hall–Kier alpha value is -2.95. The van der Waals surface area contributed by atoms with Gasteiger partial charge in [-0.15, -0.1) is 0 Å². The summed E-state index contributed by atoms with van der Waals surface area (Å²) in [5.41, 5.74) is 0.465. The van der Waals surface area contributed by atoms with Crippen molar-refractivity contribution >= 4 is 22.6 Å². The second kappa shape index (κ2) is 5.20. The molecule has 0 aliphatic heterocycles.